The van der Waals surface area contributed by atoms with E-state index in [0.717, 1.165) is 10.4 Å². The van der Waals surface area contributed by atoms with Gasteiger partial charge < -0.3 is 19.5 Å². The van der Waals surface area contributed by atoms with Gasteiger partial charge >= 0.3 is 0 Å². The van der Waals surface area contributed by atoms with Crippen molar-refractivity contribution in [3.63, 3.8) is 0 Å². The molecule has 2 heterocycles. The van der Waals surface area contributed by atoms with Gasteiger partial charge in [-0.2, -0.15) is 0 Å². The first-order valence-corrected chi connectivity index (χ1v) is 11.8. The van der Waals surface area contributed by atoms with Crippen LogP contribution in [-0.2, 0) is 14.6 Å². The molecule has 3 aromatic rings. The molecule has 0 fully saturated rings. The molecule has 0 bridgehead atoms. The summed E-state index contributed by atoms with van der Waals surface area (Å²) in [5.74, 6) is 0.792. The fraction of sp³-hybridized carbons (Fsp3) is 0.227. The van der Waals surface area contributed by atoms with Crippen molar-refractivity contribution >= 4 is 32.8 Å². The molecule has 9 heteroatoms. The minimum Gasteiger partial charge on any atom is -0.493 e. The maximum absolute atomic E-state index is 13.2. The molecule has 1 atom stereocenters. The lowest BCUT2D eigenvalue weighted by Crippen LogP contribution is -2.23. The van der Waals surface area contributed by atoms with Crippen LogP contribution in [-0.4, -0.2) is 35.7 Å². The zero-order valence-electron chi connectivity index (χ0n) is 17.2. The predicted octanol–water partition coefficient (Wildman–Crippen LogP) is 4.08. The predicted molar refractivity (Wildman–Crippen MR) is 117 cm³/mol. The molecule has 1 unspecified atom stereocenters. The minimum absolute atomic E-state index is 0.101. The van der Waals surface area contributed by atoms with Gasteiger partial charge in [0.15, 0.2) is 11.5 Å². The molecule has 0 radical (unpaired) electrons. The van der Waals surface area contributed by atoms with Gasteiger partial charge in [0.1, 0.15) is 4.90 Å². The normalized spacial score (nSPS) is 15.7. The number of anilines is 1. The quantitative estimate of drug-likeness (QED) is 0.597. The summed E-state index contributed by atoms with van der Waals surface area (Å²) in [7, 11) is 0.791. The van der Waals surface area contributed by atoms with Crippen LogP contribution in [0.4, 0.5) is 5.69 Å². The van der Waals surface area contributed by atoms with Crippen LogP contribution < -0.4 is 19.5 Å². The first-order valence-electron chi connectivity index (χ1n) is 9.42. The minimum atomic E-state index is -3.78. The first kappa shape index (κ1) is 21.2. The van der Waals surface area contributed by atoms with Crippen molar-refractivity contribution in [2.24, 2.45) is 0 Å². The van der Waals surface area contributed by atoms with Crippen LogP contribution in [0.25, 0.3) is 0 Å². The van der Waals surface area contributed by atoms with Crippen molar-refractivity contribution < 1.29 is 27.4 Å². The SMILES string of the molecule is COc1cc(C2CC(=O)Nc3c(S(=O)(=O)c4ccccc4)csc32)cc(OC)c1OC. The van der Waals surface area contributed by atoms with Crippen LogP contribution >= 0.6 is 11.3 Å². The van der Waals surface area contributed by atoms with E-state index in [4.69, 9.17) is 14.2 Å². The van der Waals surface area contributed by atoms with E-state index in [9.17, 15) is 13.2 Å². The van der Waals surface area contributed by atoms with Crippen LogP contribution in [0.15, 0.2) is 57.6 Å². The number of nitrogens with one attached hydrogen (secondary N) is 1. The van der Waals surface area contributed by atoms with E-state index in [1.165, 1.54) is 32.7 Å². The highest BCUT2D eigenvalue weighted by atomic mass is 32.2. The van der Waals surface area contributed by atoms with Crippen molar-refractivity contribution in [2.75, 3.05) is 26.6 Å². The molecule has 0 spiro atoms. The third kappa shape index (κ3) is 3.64. The van der Waals surface area contributed by atoms with Crippen molar-refractivity contribution in [1.29, 1.82) is 0 Å². The fourth-order valence-electron chi connectivity index (χ4n) is 3.70. The molecule has 7 nitrogen and oxygen atoms in total. The van der Waals surface area contributed by atoms with E-state index < -0.39 is 9.84 Å². The molecule has 1 amide bonds. The van der Waals surface area contributed by atoms with Crippen molar-refractivity contribution in [1.82, 2.24) is 0 Å². The average molecular weight is 460 g/mol. The standard InChI is InChI=1S/C22H21NO6S2/c1-27-16-9-13(10-17(28-2)21(16)29-3)15-11-19(24)23-20-18(12-30-22(15)20)31(25,26)14-7-5-4-6-8-14/h4-10,12,15H,11H2,1-3H3,(H,23,24). The van der Waals surface area contributed by atoms with Gasteiger partial charge in [-0.1, -0.05) is 18.2 Å². The number of benzene rings is 2. The number of rotatable bonds is 6. The third-order valence-electron chi connectivity index (χ3n) is 5.19. The number of sulfone groups is 1. The van der Waals surface area contributed by atoms with E-state index in [0.29, 0.717) is 22.9 Å². The van der Waals surface area contributed by atoms with E-state index in [-0.39, 0.29) is 28.0 Å². The largest absolute Gasteiger partial charge is 0.493 e. The second-order valence-corrected chi connectivity index (χ2v) is 9.75. The van der Waals surface area contributed by atoms with Crippen molar-refractivity contribution in [3.05, 3.63) is 58.3 Å². The van der Waals surface area contributed by atoms with Crippen LogP contribution in [0.1, 0.15) is 22.8 Å². The van der Waals surface area contributed by atoms with E-state index in [1.807, 2.05) is 0 Å². The molecule has 31 heavy (non-hydrogen) atoms. The van der Waals surface area contributed by atoms with Crippen LogP contribution in [0.5, 0.6) is 17.2 Å². The maximum Gasteiger partial charge on any atom is 0.225 e. The van der Waals surface area contributed by atoms with Gasteiger partial charge in [0.2, 0.25) is 21.5 Å². The Morgan fingerprint density at radius 2 is 1.65 bits per heavy atom. The summed E-state index contributed by atoms with van der Waals surface area (Å²) in [6.07, 6.45) is 0.178. The zero-order chi connectivity index (χ0) is 22.2. The molecular formula is C22H21NO6S2. The number of fused-ring (bicyclic) bond motifs is 1. The fourth-order valence-corrected chi connectivity index (χ4v) is 6.63. The average Bonchev–Trinajstić information content (AvgIpc) is 3.22. The second kappa shape index (κ2) is 8.24. The summed E-state index contributed by atoms with van der Waals surface area (Å²) in [4.78, 5) is 13.6. The Labute approximate surface area is 184 Å². The van der Waals surface area contributed by atoms with Crippen molar-refractivity contribution in [2.45, 2.75) is 22.1 Å². The van der Waals surface area contributed by atoms with E-state index in [1.54, 1.807) is 47.8 Å². The number of ether oxygens (including phenoxy) is 3. The van der Waals surface area contributed by atoms with Crippen LogP contribution in [0, 0.1) is 0 Å². The molecule has 0 aliphatic carbocycles. The molecule has 0 saturated carbocycles. The van der Waals surface area contributed by atoms with Gasteiger partial charge in [-0.3, -0.25) is 4.79 Å². The molecule has 1 aromatic heterocycles. The monoisotopic (exact) mass is 459 g/mol. The summed E-state index contributed by atoms with van der Waals surface area (Å²) in [5, 5.41) is 4.36. The number of methoxy groups -OCH3 is 3. The molecule has 1 aliphatic rings. The van der Waals surface area contributed by atoms with Gasteiger partial charge in [-0.15, -0.1) is 11.3 Å². The van der Waals surface area contributed by atoms with Gasteiger partial charge in [0.25, 0.3) is 0 Å². The lowest BCUT2D eigenvalue weighted by Gasteiger charge is -2.25. The van der Waals surface area contributed by atoms with Crippen LogP contribution in [0.3, 0.4) is 0 Å². The van der Waals surface area contributed by atoms with Gasteiger partial charge in [0.05, 0.1) is 31.9 Å². The molecule has 162 valence electrons. The summed E-state index contributed by atoms with van der Waals surface area (Å²) in [5.41, 5.74) is 1.11. The maximum atomic E-state index is 13.2. The smallest absolute Gasteiger partial charge is 0.225 e. The summed E-state index contributed by atoms with van der Waals surface area (Å²) >= 11 is 1.31. The van der Waals surface area contributed by atoms with Gasteiger partial charge in [-0.25, -0.2) is 8.42 Å². The molecule has 1 aliphatic heterocycles. The van der Waals surface area contributed by atoms with Gasteiger partial charge in [0, 0.05) is 22.6 Å². The molecule has 0 saturated heterocycles. The van der Waals surface area contributed by atoms with Crippen molar-refractivity contribution in [3.8, 4) is 17.2 Å². The number of carbonyl (C=O) groups is 1. The number of thiophene rings is 1. The zero-order valence-corrected chi connectivity index (χ0v) is 18.8. The number of amides is 1. The van der Waals surface area contributed by atoms with E-state index in [2.05, 4.69) is 5.32 Å². The Hall–Kier alpha value is -3.04. The van der Waals surface area contributed by atoms with Gasteiger partial charge in [-0.05, 0) is 29.8 Å². The second-order valence-electron chi connectivity index (χ2n) is 6.92. The Balaban J connectivity index is 1.85. The highest BCUT2D eigenvalue weighted by molar-refractivity contribution is 7.91. The van der Waals surface area contributed by atoms with Crippen LogP contribution in [0.2, 0.25) is 0 Å². The Morgan fingerprint density at radius 3 is 2.23 bits per heavy atom. The Kier molecular flexibility index (Phi) is 5.63. The topological polar surface area (TPSA) is 90.9 Å². The molecule has 4 rings (SSSR count). The number of hydrogen-bond acceptors (Lipinski definition) is 7. The summed E-state index contributed by atoms with van der Waals surface area (Å²) in [6.45, 7) is 0. The third-order valence-corrected chi connectivity index (χ3v) is 8.23. The number of hydrogen-bond donors (Lipinski definition) is 1. The lowest BCUT2D eigenvalue weighted by molar-refractivity contribution is -0.116. The molecular weight excluding hydrogens is 438 g/mol. The Morgan fingerprint density at radius 1 is 1.00 bits per heavy atom. The highest BCUT2D eigenvalue weighted by Gasteiger charge is 2.35. The highest BCUT2D eigenvalue weighted by Crippen LogP contribution is 2.48. The summed E-state index contributed by atoms with van der Waals surface area (Å²) in [6, 6.07) is 11.8. The van der Waals surface area contributed by atoms with E-state index >= 15 is 0 Å². The summed E-state index contributed by atoms with van der Waals surface area (Å²) < 4.78 is 42.7. The lowest BCUT2D eigenvalue weighted by atomic mass is 9.90. The number of carbonyl (C=O) groups excluding carboxylic acids is 1. The molecule has 2 aromatic carbocycles. The molecule has 1 N–H and O–H groups in total. The first-order chi connectivity index (χ1) is 14.9. The Bertz CT molecular complexity index is 1210.